The van der Waals surface area contributed by atoms with Gasteiger partial charge in [0.1, 0.15) is 5.60 Å². The molecule has 0 saturated carbocycles. The summed E-state index contributed by atoms with van der Waals surface area (Å²) in [4.78, 5) is 14.1. The van der Waals surface area contributed by atoms with E-state index in [9.17, 15) is 4.79 Å². The molecule has 1 atom stereocenters. The van der Waals surface area contributed by atoms with E-state index < -0.39 is 5.60 Å². The van der Waals surface area contributed by atoms with Crippen LogP contribution in [0.3, 0.4) is 0 Å². The maximum absolute atomic E-state index is 12.2. The summed E-state index contributed by atoms with van der Waals surface area (Å²) in [5.74, 6) is 0.468. The first-order valence-corrected chi connectivity index (χ1v) is 10.3. The fourth-order valence-electron chi connectivity index (χ4n) is 3.61. The Bertz CT molecular complexity index is 692. The first-order chi connectivity index (χ1) is 12.9. The summed E-state index contributed by atoms with van der Waals surface area (Å²) in [6.07, 6.45) is 1.77. The zero-order valence-electron chi connectivity index (χ0n) is 18.4. The summed E-state index contributed by atoms with van der Waals surface area (Å²) < 4.78 is 17.7. The summed E-state index contributed by atoms with van der Waals surface area (Å²) in [7, 11) is -0.326. The van der Waals surface area contributed by atoms with Gasteiger partial charge in [-0.25, -0.2) is 4.79 Å². The molecule has 0 aromatic heterocycles. The number of hydrogen-bond donors (Lipinski definition) is 0. The highest BCUT2D eigenvalue weighted by Crippen LogP contribution is 2.36. The van der Waals surface area contributed by atoms with Crippen LogP contribution in [0.15, 0.2) is 24.3 Å². The average Bonchev–Trinajstić information content (AvgIpc) is 3.09. The lowest BCUT2D eigenvalue weighted by Crippen LogP contribution is -2.41. The second kappa shape index (κ2) is 7.38. The number of benzene rings is 1. The average molecular weight is 387 g/mol. The standard InChI is InChI=1S/C22H34BNO4/c1-20(2,3)26-19(25)24-13-12-17(15-24)14-16-8-10-18(11-9-16)23-27-21(4,5)22(6,7)28-23/h8-11,17H,12-15H2,1-7H3. The van der Waals surface area contributed by atoms with Crippen molar-refractivity contribution in [1.29, 1.82) is 0 Å². The molecule has 154 valence electrons. The van der Waals surface area contributed by atoms with Gasteiger partial charge in [0.25, 0.3) is 0 Å². The van der Waals surface area contributed by atoms with Crippen LogP contribution in [0.25, 0.3) is 0 Å². The molecule has 1 unspecified atom stereocenters. The van der Waals surface area contributed by atoms with Gasteiger partial charge in [-0.3, -0.25) is 0 Å². The van der Waals surface area contributed by atoms with Crippen molar-refractivity contribution in [1.82, 2.24) is 4.90 Å². The molecule has 0 bridgehead atoms. The van der Waals surface area contributed by atoms with Gasteiger partial charge in [-0.2, -0.15) is 0 Å². The zero-order chi connectivity index (χ0) is 20.7. The Morgan fingerprint density at radius 2 is 1.71 bits per heavy atom. The van der Waals surface area contributed by atoms with Gasteiger partial charge in [0.2, 0.25) is 0 Å². The molecule has 2 aliphatic heterocycles. The predicted octanol–water partition coefficient (Wildman–Crippen LogP) is 3.79. The first kappa shape index (κ1) is 21.2. The summed E-state index contributed by atoms with van der Waals surface area (Å²) in [6.45, 7) is 15.5. The lowest BCUT2D eigenvalue weighted by atomic mass is 9.78. The fourth-order valence-corrected chi connectivity index (χ4v) is 3.61. The number of nitrogens with zero attached hydrogens (tertiary/aromatic N) is 1. The Morgan fingerprint density at radius 1 is 1.14 bits per heavy atom. The molecule has 1 aromatic rings. The minimum absolute atomic E-state index is 0.203. The van der Waals surface area contributed by atoms with Crippen LogP contribution in [0.5, 0.6) is 0 Å². The van der Waals surface area contributed by atoms with Crippen molar-refractivity contribution in [2.24, 2.45) is 5.92 Å². The monoisotopic (exact) mass is 387 g/mol. The molecule has 1 amide bonds. The maximum Gasteiger partial charge on any atom is 0.494 e. The van der Waals surface area contributed by atoms with Crippen LogP contribution in [0.4, 0.5) is 4.79 Å². The maximum atomic E-state index is 12.2. The first-order valence-electron chi connectivity index (χ1n) is 10.3. The lowest BCUT2D eigenvalue weighted by Gasteiger charge is -2.32. The van der Waals surface area contributed by atoms with E-state index in [0.717, 1.165) is 31.4 Å². The molecule has 2 aliphatic rings. The van der Waals surface area contributed by atoms with Crippen LogP contribution in [0, 0.1) is 5.92 Å². The smallest absolute Gasteiger partial charge is 0.444 e. The van der Waals surface area contributed by atoms with E-state index in [-0.39, 0.29) is 24.4 Å². The zero-order valence-corrected chi connectivity index (χ0v) is 18.4. The molecule has 0 aliphatic carbocycles. The van der Waals surface area contributed by atoms with Crippen LogP contribution in [0.2, 0.25) is 0 Å². The summed E-state index contributed by atoms with van der Waals surface area (Å²) >= 11 is 0. The summed E-state index contributed by atoms with van der Waals surface area (Å²) in [5.41, 5.74) is 1.22. The highest BCUT2D eigenvalue weighted by Gasteiger charge is 2.51. The highest BCUT2D eigenvalue weighted by molar-refractivity contribution is 6.62. The molecule has 0 spiro atoms. The molecule has 28 heavy (non-hydrogen) atoms. The predicted molar refractivity (Wildman–Crippen MR) is 112 cm³/mol. The Hall–Kier alpha value is -1.53. The molecule has 6 heteroatoms. The van der Waals surface area contributed by atoms with Gasteiger partial charge in [-0.1, -0.05) is 24.3 Å². The highest BCUT2D eigenvalue weighted by atomic mass is 16.7. The van der Waals surface area contributed by atoms with Gasteiger partial charge in [0, 0.05) is 13.1 Å². The van der Waals surface area contributed by atoms with E-state index in [0.29, 0.717) is 5.92 Å². The lowest BCUT2D eigenvalue weighted by molar-refractivity contribution is 0.00578. The Labute approximate surface area is 169 Å². The molecule has 3 rings (SSSR count). The number of carbonyl (C=O) groups excluding carboxylic acids is 1. The Kier molecular flexibility index (Phi) is 5.58. The molecule has 5 nitrogen and oxygen atoms in total. The van der Waals surface area contributed by atoms with Gasteiger partial charge >= 0.3 is 13.2 Å². The minimum Gasteiger partial charge on any atom is -0.444 e. The van der Waals surface area contributed by atoms with E-state index >= 15 is 0 Å². The van der Waals surface area contributed by atoms with Crippen molar-refractivity contribution < 1.29 is 18.8 Å². The van der Waals surface area contributed by atoms with Crippen molar-refractivity contribution in [2.45, 2.75) is 78.1 Å². The van der Waals surface area contributed by atoms with Crippen LogP contribution >= 0.6 is 0 Å². The molecule has 2 saturated heterocycles. The summed E-state index contributed by atoms with van der Waals surface area (Å²) in [5, 5.41) is 0. The molecule has 0 radical (unpaired) electrons. The van der Waals surface area contributed by atoms with E-state index in [2.05, 4.69) is 52.0 Å². The second-order valence-corrected chi connectivity index (χ2v) is 10.1. The fraction of sp³-hybridized carbons (Fsp3) is 0.682. The molecule has 0 N–H and O–H groups in total. The topological polar surface area (TPSA) is 48.0 Å². The Morgan fingerprint density at radius 3 is 2.25 bits per heavy atom. The third-order valence-corrected chi connectivity index (χ3v) is 5.97. The van der Waals surface area contributed by atoms with Gasteiger partial charge in [0.15, 0.2) is 0 Å². The van der Waals surface area contributed by atoms with E-state index in [1.54, 1.807) is 0 Å². The largest absolute Gasteiger partial charge is 0.494 e. The van der Waals surface area contributed by atoms with E-state index in [4.69, 9.17) is 14.0 Å². The van der Waals surface area contributed by atoms with Gasteiger partial charge in [-0.05, 0) is 78.3 Å². The number of hydrogen-bond acceptors (Lipinski definition) is 4. The third-order valence-electron chi connectivity index (χ3n) is 5.97. The third kappa shape index (κ3) is 4.72. The number of ether oxygens (including phenoxy) is 1. The SMILES string of the molecule is CC(C)(C)OC(=O)N1CCC(Cc2ccc(B3OC(C)(C)C(C)(C)O3)cc2)C1. The van der Waals surface area contributed by atoms with Crippen molar-refractivity contribution in [3.63, 3.8) is 0 Å². The number of carbonyl (C=O) groups is 1. The van der Waals surface area contributed by atoms with Crippen molar-refractivity contribution in [3.05, 3.63) is 29.8 Å². The van der Waals surface area contributed by atoms with Crippen molar-refractivity contribution in [2.75, 3.05) is 13.1 Å². The van der Waals surface area contributed by atoms with Crippen molar-refractivity contribution in [3.8, 4) is 0 Å². The van der Waals surface area contributed by atoms with Crippen LogP contribution in [-0.2, 0) is 20.5 Å². The van der Waals surface area contributed by atoms with E-state index in [1.165, 1.54) is 5.56 Å². The van der Waals surface area contributed by atoms with Gasteiger partial charge < -0.3 is 18.9 Å². The normalized spacial score (nSPS) is 23.9. The van der Waals surface area contributed by atoms with Gasteiger partial charge in [-0.15, -0.1) is 0 Å². The number of amides is 1. The molecule has 2 fully saturated rings. The number of likely N-dealkylation sites (tertiary alicyclic amines) is 1. The van der Waals surface area contributed by atoms with Gasteiger partial charge in [0.05, 0.1) is 11.2 Å². The molecule has 2 heterocycles. The summed E-state index contributed by atoms with van der Waals surface area (Å²) in [6, 6.07) is 8.49. The quantitative estimate of drug-likeness (QED) is 0.741. The van der Waals surface area contributed by atoms with E-state index in [1.807, 2.05) is 25.7 Å². The van der Waals surface area contributed by atoms with Crippen LogP contribution < -0.4 is 5.46 Å². The molecular formula is C22H34BNO4. The van der Waals surface area contributed by atoms with Crippen LogP contribution in [-0.4, -0.2) is 48.0 Å². The molecular weight excluding hydrogens is 353 g/mol. The van der Waals surface area contributed by atoms with Crippen LogP contribution in [0.1, 0.15) is 60.5 Å². The second-order valence-electron chi connectivity index (χ2n) is 10.1. The molecule has 1 aromatic carbocycles. The van der Waals surface area contributed by atoms with Crippen molar-refractivity contribution >= 4 is 18.7 Å². The minimum atomic E-state index is -0.446. The number of rotatable bonds is 3. The Balaban J connectivity index is 1.55.